The molecule has 2 N–H and O–H groups in total. The highest BCUT2D eigenvalue weighted by Crippen LogP contribution is 2.66. The summed E-state index contributed by atoms with van der Waals surface area (Å²) in [6.07, 6.45) is 0.846. The summed E-state index contributed by atoms with van der Waals surface area (Å²) in [6, 6.07) is 8.34. The zero-order valence-electron chi connectivity index (χ0n) is 22.9. The molecule has 2 bridgehead atoms. The molecule has 218 valence electrons. The minimum absolute atomic E-state index is 0.0167. The Kier molecular flexibility index (Phi) is 6.42. The first-order valence-electron chi connectivity index (χ1n) is 13.8. The Labute approximate surface area is 236 Å². The summed E-state index contributed by atoms with van der Waals surface area (Å²) < 4.78 is 48.5. The third-order valence-electron chi connectivity index (χ3n) is 9.57. The van der Waals surface area contributed by atoms with Crippen LogP contribution >= 0.6 is 0 Å². The smallest absolute Gasteiger partial charge is 0.504 e. The molecule has 2 aromatic rings. The average molecular weight is 571 g/mol. The molecule has 1 saturated heterocycles. The summed E-state index contributed by atoms with van der Waals surface area (Å²) in [5.74, 6) is -0.483. The van der Waals surface area contributed by atoms with Crippen LogP contribution < -0.4 is 9.47 Å². The second kappa shape index (κ2) is 9.52. The zero-order chi connectivity index (χ0) is 29.3. The van der Waals surface area contributed by atoms with Crippen LogP contribution in [0.15, 0.2) is 55.1 Å². The van der Waals surface area contributed by atoms with Gasteiger partial charge in [0.1, 0.15) is 11.9 Å². The number of nitrogens with zero attached hydrogens (tertiary/aromatic N) is 2. The van der Waals surface area contributed by atoms with Crippen molar-refractivity contribution in [2.45, 2.75) is 61.8 Å². The molecule has 1 spiro atoms. The summed E-state index contributed by atoms with van der Waals surface area (Å²) in [7, 11) is 1.68. The van der Waals surface area contributed by atoms with Crippen molar-refractivity contribution >= 4 is 12.0 Å². The first-order valence-corrected chi connectivity index (χ1v) is 13.8. The highest BCUT2D eigenvalue weighted by Gasteiger charge is 2.74. The fourth-order valence-corrected chi connectivity index (χ4v) is 8.09. The summed E-state index contributed by atoms with van der Waals surface area (Å²) in [5, 5.41) is 23.4. The second-order valence-corrected chi connectivity index (χ2v) is 11.7. The molecule has 2 aliphatic carbocycles. The maximum absolute atomic E-state index is 13.5. The van der Waals surface area contributed by atoms with Crippen molar-refractivity contribution in [3.8, 4) is 17.2 Å². The van der Waals surface area contributed by atoms with E-state index < -0.39 is 29.5 Å². The Bertz CT molecular complexity index is 1430. The van der Waals surface area contributed by atoms with Crippen molar-refractivity contribution in [1.29, 1.82) is 0 Å². The van der Waals surface area contributed by atoms with Gasteiger partial charge in [0.25, 0.3) is 0 Å². The molecule has 0 unspecified atom stereocenters. The number of piperidine rings is 1. The minimum atomic E-state index is -4.82. The lowest BCUT2D eigenvalue weighted by molar-refractivity contribution is -0.274. The number of phenols is 1. The fourth-order valence-electron chi connectivity index (χ4n) is 8.09. The Balaban J connectivity index is 1.34. The molecule has 7 nitrogen and oxygen atoms in total. The fraction of sp³-hybridized carbons (Fsp3) is 0.452. The van der Waals surface area contributed by atoms with E-state index in [2.05, 4.69) is 16.2 Å². The number of rotatable bonds is 6. The zero-order valence-corrected chi connectivity index (χ0v) is 22.9. The molecular formula is C31H33F3N2O5. The van der Waals surface area contributed by atoms with E-state index in [9.17, 15) is 28.2 Å². The molecule has 2 aliphatic heterocycles. The largest absolute Gasteiger partial charge is 0.573 e. The first-order chi connectivity index (χ1) is 19.4. The molecule has 2 heterocycles. The number of carbonyl (C=O) groups is 1. The van der Waals surface area contributed by atoms with Crippen LogP contribution in [0.5, 0.6) is 17.2 Å². The summed E-state index contributed by atoms with van der Waals surface area (Å²) in [5.41, 5.74) is 0.318. The number of likely N-dealkylation sites (N-methyl/N-ethyl adjacent to an activating group) is 1. The van der Waals surface area contributed by atoms with Crippen molar-refractivity contribution in [3.05, 3.63) is 71.8 Å². The molecule has 4 aliphatic rings. The molecule has 1 saturated carbocycles. The highest BCUT2D eigenvalue weighted by molar-refractivity contribution is 5.92. The van der Waals surface area contributed by atoms with Gasteiger partial charge >= 0.3 is 6.36 Å². The van der Waals surface area contributed by atoms with Crippen LogP contribution in [0, 0.1) is 5.92 Å². The Morgan fingerprint density at radius 3 is 2.83 bits per heavy atom. The van der Waals surface area contributed by atoms with Gasteiger partial charge < -0.3 is 24.6 Å². The van der Waals surface area contributed by atoms with Crippen LogP contribution in [0.25, 0.3) is 6.08 Å². The lowest BCUT2D eigenvalue weighted by Crippen LogP contribution is -2.79. The van der Waals surface area contributed by atoms with Gasteiger partial charge in [-0.05, 0) is 67.1 Å². The van der Waals surface area contributed by atoms with Gasteiger partial charge in [-0.2, -0.15) is 0 Å². The lowest BCUT2D eigenvalue weighted by atomic mass is 9.46. The quantitative estimate of drug-likeness (QED) is 0.396. The van der Waals surface area contributed by atoms with Gasteiger partial charge in [-0.1, -0.05) is 31.2 Å². The van der Waals surface area contributed by atoms with Gasteiger partial charge in [0.2, 0.25) is 5.91 Å². The van der Waals surface area contributed by atoms with Gasteiger partial charge in [0.15, 0.2) is 11.5 Å². The predicted octanol–water partition coefficient (Wildman–Crippen LogP) is 4.42. The average Bonchev–Trinajstić information content (AvgIpc) is 3.24. The number of aromatic hydroxyl groups is 1. The van der Waals surface area contributed by atoms with Crippen molar-refractivity contribution in [1.82, 2.24) is 9.80 Å². The third-order valence-corrected chi connectivity index (χ3v) is 9.57. The lowest BCUT2D eigenvalue weighted by Gasteiger charge is -2.65. The van der Waals surface area contributed by atoms with E-state index in [1.807, 2.05) is 19.1 Å². The van der Waals surface area contributed by atoms with Crippen LogP contribution in [-0.4, -0.2) is 76.2 Å². The van der Waals surface area contributed by atoms with E-state index in [1.165, 1.54) is 30.4 Å². The van der Waals surface area contributed by atoms with Gasteiger partial charge in [-0.3, -0.25) is 9.69 Å². The number of halogens is 3. The predicted molar refractivity (Wildman–Crippen MR) is 146 cm³/mol. The van der Waals surface area contributed by atoms with E-state index in [0.717, 1.165) is 11.1 Å². The van der Waals surface area contributed by atoms with E-state index in [4.69, 9.17) is 4.74 Å². The number of hydrogen-bond donors (Lipinski definition) is 2. The van der Waals surface area contributed by atoms with E-state index >= 15 is 0 Å². The van der Waals surface area contributed by atoms with Crippen molar-refractivity contribution < 1.29 is 37.7 Å². The molecule has 0 aromatic heterocycles. The molecule has 6 atom stereocenters. The van der Waals surface area contributed by atoms with Gasteiger partial charge in [0.05, 0.1) is 17.1 Å². The molecule has 6 rings (SSSR count). The molecule has 2 aromatic carbocycles. The number of aliphatic hydroxyl groups is 1. The van der Waals surface area contributed by atoms with E-state index in [0.29, 0.717) is 43.7 Å². The van der Waals surface area contributed by atoms with Gasteiger partial charge in [0, 0.05) is 31.3 Å². The van der Waals surface area contributed by atoms with E-state index in [-0.39, 0.29) is 29.4 Å². The van der Waals surface area contributed by atoms with Gasteiger partial charge in [-0.15, -0.1) is 19.8 Å². The topological polar surface area (TPSA) is 82.5 Å². The molecule has 0 radical (unpaired) electrons. The second-order valence-electron chi connectivity index (χ2n) is 11.7. The SMILES string of the molecule is C=CCN1CC[C@]23c4c5ccc(O)c4O[C@H]2[C@@H](N(C)C(=O)C=Cc2cccc(OC(F)(F)F)c2)[C@@H](C)C[C@@]3(O)[C@H]1C5. The Hall–Kier alpha value is -3.50. The van der Waals surface area contributed by atoms with Crippen LogP contribution in [0.3, 0.4) is 0 Å². The summed E-state index contributed by atoms with van der Waals surface area (Å²) in [6.45, 7) is 7.26. The van der Waals surface area contributed by atoms with Crippen molar-refractivity contribution in [2.75, 3.05) is 20.1 Å². The standard InChI is InChI=1S/C31H33F3N2O5/c1-4-13-36-14-12-29-25-20-9-10-22(37)27(25)40-28(29)26(18(2)17-30(29,39)23(36)16-20)35(3)24(38)11-8-19-6-5-7-21(15-19)41-31(32,33)34/h4-11,15,18,23,26,28,37,39H,1,12-14,16-17H2,2-3H3/t18-,23+,26-,28-,29-,30+/m0/s1. The molecule has 2 fully saturated rings. The monoisotopic (exact) mass is 570 g/mol. The number of alkyl halides is 3. The first kappa shape index (κ1) is 27.7. The highest BCUT2D eigenvalue weighted by atomic mass is 19.4. The molecule has 10 heteroatoms. The van der Waals surface area contributed by atoms with Gasteiger partial charge in [-0.25, -0.2) is 0 Å². The number of amides is 1. The number of likely N-dealkylation sites (tertiary alicyclic amines) is 1. The third kappa shape index (κ3) is 4.14. The van der Waals surface area contributed by atoms with Crippen LogP contribution in [-0.2, 0) is 16.6 Å². The molecule has 1 amide bonds. The number of phenolic OH excluding ortho intramolecular Hbond substituents is 1. The minimum Gasteiger partial charge on any atom is -0.504 e. The van der Waals surface area contributed by atoms with Crippen LogP contribution in [0.1, 0.15) is 36.5 Å². The Morgan fingerprint density at radius 1 is 1.32 bits per heavy atom. The number of benzene rings is 2. The van der Waals surface area contributed by atoms with Crippen LogP contribution in [0.2, 0.25) is 0 Å². The summed E-state index contributed by atoms with van der Waals surface area (Å²) in [4.78, 5) is 17.4. The normalized spacial score (nSPS) is 31.9. The van der Waals surface area contributed by atoms with E-state index in [1.54, 1.807) is 24.1 Å². The maximum atomic E-state index is 13.5. The number of ether oxygens (including phenoxy) is 2. The summed E-state index contributed by atoms with van der Waals surface area (Å²) >= 11 is 0. The molecular weight excluding hydrogens is 537 g/mol. The maximum Gasteiger partial charge on any atom is 0.573 e. The Morgan fingerprint density at radius 2 is 2.10 bits per heavy atom. The van der Waals surface area contributed by atoms with Crippen LogP contribution in [0.4, 0.5) is 13.2 Å². The van der Waals surface area contributed by atoms with Crippen molar-refractivity contribution in [2.24, 2.45) is 5.92 Å². The number of hydrogen-bond acceptors (Lipinski definition) is 6. The number of carbonyl (C=O) groups excluding carboxylic acids is 1. The molecule has 41 heavy (non-hydrogen) atoms. The van der Waals surface area contributed by atoms with Crippen molar-refractivity contribution in [3.63, 3.8) is 0 Å².